The SMILES string of the molecule is CC(C)(CCN)CN1CCCc2ccccc21. The van der Waals surface area contributed by atoms with Crippen LogP contribution in [0.15, 0.2) is 24.3 Å². The van der Waals surface area contributed by atoms with E-state index in [4.69, 9.17) is 5.73 Å². The van der Waals surface area contributed by atoms with E-state index in [2.05, 4.69) is 43.0 Å². The number of anilines is 1. The summed E-state index contributed by atoms with van der Waals surface area (Å²) in [5.41, 5.74) is 8.94. The van der Waals surface area contributed by atoms with E-state index in [0.717, 1.165) is 19.5 Å². The second kappa shape index (κ2) is 5.09. The van der Waals surface area contributed by atoms with E-state index in [1.54, 1.807) is 0 Å². The lowest BCUT2D eigenvalue weighted by Crippen LogP contribution is -2.38. The van der Waals surface area contributed by atoms with Gasteiger partial charge >= 0.3 is 0 Å². The van der Waals surface area contributed by atoms with Crippen LogP contribution >= 0.6 is 0 Å². The molecule has 94 valence electrons. The van der Waals surface area contributed by atoms with Gasteiger partial charge < -0.3 is 10.6 Å². The fraction of sp³-hybridized carbons (Fsp3) is 0.600. The quantitative estimate of drug-likeness (QED) is 0.865. The molecule has 2 heteroatoms. The van der Waals surface area contributed by atoms with Crippen LogP contribution in [0, 0.1) is 5.41 Å². The van der Waals surface area contributed by atoms with Gasteiger partial charge in [0.15, 0.2) is 0 Å². The third-order valence-corrected chi connectivity index (χ3v) is 3.65. The number of para-hydroxylation sites is 1. The van der Waals surface area contributed by atoms with E-state index in [1.165, 1.54) is 30.6 Å². The summed E-state index contributed by atoms with van der Waals surface area (Å²) in [6, 6.07) is 8.81. The minimum absolute atomic E-state index is 0.305. The van der Waals surface area contributed by atoms with Gasteiger partial charge in [-0.15, -0.1) is 0 Å². The van der Waals surface area contributed by atoms with Crippen molar-refractivity contribution in [2.24, 2.45) is 11.1 Å². The van der Waals surface area contributed by atoms with Crippen LogP contribution in [-0.4, -0.2) is 19.6 Å². The maximum Gasteiger partial charge on any atom is 0.0398 e. The Bertz CT molecular complexity index is 371. The molecule has 0 spiro atoms. The third-order valence-electron chi connectivity index (χ3n) is 3.65. The minimum atomic E-state index is 0.305. The summed E-state index contributed by atoms with van der Waals surface area (Å²) in [5.74, 6) is 0. The van der Waals surface area contributed by atoms with Crippen LogP contribution in [0.1, 0.15) is 32.3 Å². The summed E-state index contributed by atoms with van der Waals surface area (Å²) in [5, 5.41) is 0. The average Bonchev–Trinajstić information content (AvgIpc) is 2.29. The predicted molar refractivity (Wildman–Crippen MR) is 74.4 cm³/mol. The number of hydrogen-bond acceptors (Lipinski definition) is 2. The van der Waals surface area contributed by atoms with E-state index in [1.807, 2.05) is 0 Å². The van der Waals surface area contributed by atoms with Gasteiger partial charge in [-0.1, -0.05) is 32.0 Å². The Morgan fingerprint density at radius 3 is 2.82 bits per heavy atom. The van der Waals surface area contributed by atoms with Gasteiger partial charge in [0.05, 0.1) is 0 Å². The van der Waals surface area contributed by atoms with Crippen molar-refractivity contribution in [3.8, 4) is 0 Å². The number of fused-ring (bicyclic) bond motifs is 1. The van der Waals surface area contributed by atoms with Crippen molar-refractivity contribution < 1.29 is 0 Å². The number of aryl methyl sites for hydroxylation is 1. The molecule has 1 aromatic rings. The number of hydrogen-bond donors (Lipinski definition) is 1. The molecule has 1 heterocycles. The highest BCUT2D eigenvalue weighted by Crippen LogP contribution is 2.30. The number of rotatable bonds is 4. The normalized spacial score (nSPS) is 15.8. The maximum absolute atomic E-state index is 5.70. The van der Waals surface area contributed by atoms with Crippen LogP contribution < -0.4 is 10.6 Å². The number of nitrogens with zero attached hydrogens (tertiary/aromatic N) is 1. The summed E-state index contributed by atoms with van der Waals surface area (Å²) in [6.45, 7) is 7.71. The fourth-order valence-corrected chi connectivity index (χ4v) is 2.76. The lowest BCUT2D eigenvalue weighted by molar-refractivity contribution is 0.339. The van der Waals surface area contributed by atoms with Crippen molar-refractivity contribution in [1.29, 1.82) is 0 Å². The monoisotopic (exact) mass is 232 g/mol. The minimum Gasteiger partial charge on any atom is -0.371 e. The molecule has 0 amide bonds. The summed E-state index contributed by atoms with van der Waals surface area (Å²) >= 11 is 0. The first-order chi connectivity index (χ1) is 8.12. The van der Waals surface area contributed by atoms with Crippen molar-refractivity contribution in [1.82, 2.24) is 0 Å². The van der Waals surface area contributed by atoms with E-state index < -0.39 is 0 Å². The van der Waals surface area contributed by atoms with Crippen molar-refractivity contribution in [2.45, 2.75) is 33.1 Å². The molecule has 17 heavy (non-hydrogen) atoms. The van der Waals surface area contributed by atoms with Crippen LogP contribution in [-0.2, 0) is 6.42 Å². The second-order valence-electron chi connectivity index (χ2n) is 5.86. The molecule has 0 radical (unpaired) electrons. The lowest BCUT2D eigenvalue weighted by Gasteiger charge is -2.37. The Kier molecular flexibility index (Phi) is 3.72. The lowest BCUT2D eigenvalue weighted by atomic mass is 9.87. The van der Waals surface area contributed by atoms with Gasteiger partial charge in [-0.05, 0) is 42.9 Å². The summed E-state index contributed by atoms with van der Waals surface area (Å²) < 4.78 is 0. The second-order valence-corrected chi connectivity index (χ2v) is 5.86. The molecule has 1 aromatic carbocycles. The van der Waals surface area contributed by atoms with Gasteiger partial charge in [0.1, 0.15) is 0 Å². The van der Waals surface area contributed by atoms with Crippen molar-refractivity contribution in [2.75, 3.05) is 24.5 Å². The van der Waals surface area contributed by atoms with Crippen LogP contribution in [0.5, 0.6) is 0 Å². The van der Waals surface area contributed by atoms with E-state index in [0.29, 0.717) is 5.41 Å². The van der Waals surface area contributed by atoms with Crippen molar-refractivity contribution in [3.05, 3.63) is 29.8 Å². The topological polar surface area (TPSA) is 29.3 Å². The smallest absolute Gasteiger partial charge is 0.0398 e. The van der Waals surface area contributed by atoms with E-state index in [9.17, 15) is 0 Å². The molecule has 0 saturated carbocycles. The summed E-state index contributed by atoms with van der Waals surface area (Å²) in [4.78, 5) is 2.54. The Morgan fingerprint density at radius 2 is 2.06 bits per heavy atom. The zero-order valence-corrected chi connectivity index (χ0v) is 11.1. The Labute approximate surface area is 105 Å². The zero-order valence-electron chi connectivity index (χ0n) is 11.1. The standard InChI is InChI=1S/C15H24N2/c1-15(2,9-10-16)12-17-11-5-7-13-6-3-4-8-14(13)17/h3-4,6,8H,5,7,9-12,16H2,1-2H3. The van der Waals surface area contributed by atoms with Crippen LogP contribution in [0.25, 0.3) is 0 Å². The van der Waals surface area contributed by atoms with E-state index in [-0.39, 0.29) is 0 Å². The first-order valence-corrected chi connectivity index (χ1v) is 6.65. The molecule has 2 N–H and O–H groups in total. The summed E-state index contributed by atoms with van der Waals surface area (Å²) in [7, 11) is 0. The van der Waals surface area contributed by atoms with Gasteiger partial charge in [0, 0.05) is 18.8 Å². The first-order valence-electron chi connectivity index (χ1n) is 6.65. The molecule has 2 nitrogen and oxygen atoms in total. The van der Waals surface area contributed by atoms with Gasteiger partial charge in [-0.25, -0.2) is 0 Å². The van der Waals surface area contributed by atoms with Gasteiger partial charge in [0.2, 0.25) is 0 Å². The highest BCUT2D eigenvalue weighted by Gasteiger charge is 2.24. The zero-order chi connectivity index (χ0) is 12.3. The molecule has 1 aliphatic rings. The van der Waals surface area contributed by atoms with Crippen LogP contribution in [0.4, 0.5) is 5.69 Å². The van der Waals surface area contributed by atoms with Gasteiger partial charge in [-0.2, -0.15) is 0 Å². The average molecular weight is 232 g/mol. The molecule has 1 aliphatic heterocycles. The van der Waals surface area contributed by atoms with Crippen molar-refractivity contribution >= 4 is 5.69 Å². The van der Waals surface area contributed by atoms with Gasteiger partial charge in [0.25, 0.3) is 0 Å². The Morgan fingerprint density at radius 1 is 1.29 bits per heavy atom. The highest BCUT2D eigenvalue weighted by atomic mass is 15.1. The van der Waals surface area contributed by atoms with Crippen LogP contribution in [0.3, 0.4) is 0 Å². The molecular weight excluding hydrogens is 208 g/mol. The first kappa shape index (κ1) is 12.4. The third kappa shape index (κ3) is 3.01. The molecule has 0 fully saturated rings. The maximum atomic E-state index is 5.70. The molecular formula is C15H24N2. The number of benzene rings is 1. The number of nitrogens with two attached hydrogens (primary N) is 1. The van der Waals surface area contributed by atoms with Crippen LogP contribution in [0.2, 0.25) is 0 Å². The fourth-order valence-electron chi connectivity index (χ4n) is 2.76. The predicted octanol–water partition coefficient (Wildman–Crippen LogP) is 2.81. The Balaban J connectivity index is 2.13. The van der Waals surface area contributed by atoms with E-state index >= 15 is 0 Å². The largest absolute Gasteiger partial charge is 0.371 e. The molecule has 0 aromatic heterocycles. The highest BCUT2D eigenvalue weighted by molar-refractivity contribution is 5.55. The van der Waals surface area contributed by atoms with Gasteiger partial charge in [-0.3, -0.25) is 0 Å². The molecule has 0 atom stereocenters. The molecule has 0 unspecified atom stereocenters. The Hall–Kier alpha value is -1.02. The molecule has 2 rings (SSSR count). The van der Waals surface area contributed by atoms with Crippen molar-refractivity contribution in [3.63, 3.8) is 0 Å². The molecule has 0 aliphatic carbocycles. The molecule has 0 saturated heterocycles. The summed E-state index contributed by atoms with van der Waals surface area (Å²) in [6.07, 6.45) is 3.59. The molecule has 0 bridgehead atoms.